The molecule has 5 heteroatoms. The smallest absolute Gasteiger partial charge is 0.188 e. The van der Waals surface area contributed by atoms with E-state index in [2.05, 4.69) is 16.9 Å². The van der Waals surface area contributed by atoms with Crippen molar-refractivity contribution < 1.29 is 4.39 Å². The summed E-state index contributed by atoms with van der Waals surface area (Å²) >= 11 is 0. The van der Waals surface area contributed by atoms with E-state index in [0.29, 0.717) is 19.0 Å². The van der Waals surface area contributed by atoms with Crippen LogP contribution in [0.1, 0.15) is 18.4 Å². The maximum atomic E-state index is 12.9. The van der Waals surface area contributed by atoms with E-state index in [0.717, 1.165) is 18.4 Å². The number of rotatable bonds is 5. The first-order chi connectivity index (χ1) is 8.66. The number of hydrogen-bond donors (Lipinski definition) is 2. The van der Waals surface area contributed by atoms with Crippen molar-refractivity contribution in [1.82, 2.24) is 5.32 Å². The second kappa shape index (κ2) is 6.88. The molecule has 0 atom stereocenters. The fourth-order valence-corrected chi connectivity index (χ4v) is 1.96. The van der Waals surface area contributed by atoms with Crippen LogP contribution in [-0.4, -0.2) is 19.0 Å². The van der Waals surface area contributed by atoms with Crippen LogP contribution in [0.25, 0.3) is 0 Å². The molecule has 0 amide bonds. The van der Waals surface area contributed by atoms with Crippen LogP contribution in [0.5, 0.6) is 0 Å². The topological polar surface area (TPSA) is 50.4 Å². The van der Waals surface area contributed by atoms with Crippen LogP contribution in [0.2, 0.25) is 0 Å². The predicted octanol–water partition coefficient (Wildman–Crippen LogP) is 2.57. The minimum atomic E-state index is -0.204. The van der Waals surface area contributed by atoms with E-state index >= 15 is 0 Å². The van der Waals surface area contributed by atoms with Crippen LogP contribution in [0.15, 0.2) is 41.9 Å². The SMILES string of the molecule is C=CCNC(N)=NCC1(c2ccc(F)cc2)CC1.I. The highest BCUT2D eigenvalue weighted by Crippen LogP contribution is 2.48. The number of nitrogens with two attached hydrogens (primary N) is 1. The first-order valence-corrected chi connectivity index (χ1v) is 6.07. The third-order valence-corrected chi connectivity index (χ3v) is 3.29. The van der Waals surface area contributed by atoms with E-state index in [1.54, 1.807) is 6.08 Å². The molecule has 1 aromatic carbocycles. The summed E-state index contributed by atoms with van der Waals surface area (Å²) in [6, 6.07) is 6.67. The van der Waals surface area contributed by atoms with Gasteiger partial charge in [-0.1, -0.05) is 18.2 Å². The van der Waals surface area contributed by atoms with Gasteiger partial charge in [-0.2, -0.15) is 0 Å². The molecule has 1 fully saturated rings. The minimum absolute atomic E-state index is 0. The molecule has 19 heavy (non-hydrogen) atoms. The van der Waals surface area contributed by atoms with E-state index in [1.165, 1.54) is 12.1 Å². The van der Waals surface area contributed by atoms with Gasteiger partial charge in [0.1, 0.15) is 5.82 Å². The summed E-state index contributed by atoms with van der Waals surface area (Å²) in [5.74, 6) is 0.230. The van der Waals surface area contributed by atoms with Crippen LogP contribution in [0, 0.1) is 5.82 Å². The Labute approximate surface area is 130 Å². The molecule has 1 aliphatic carbocycles. The average molecular weight is 375 g/mol. The van der Waals surface area contributed by atoms with E-state index in [9.17, 15) is 4.39 Å². The summed E-state index contributed by atoms with van der Waals surface area (Å²) in [7, 11) is 0. The molecular weight excluding hydrogens is 356 g/mol. The van der Waals surface area contributed by atoms with Gasteiger partial charge in [0.05, 0.1) is 6.54 Å². The second-order valence-corrected chi connectivity index (χ2v) is 4.66. The van der Waals surface area contributed by atoms with Crippen molar-refractivity contribution in [3.8, 4) is 0 Å². The maximum absolute atomic E-state index is 12.9. The fourth-order valence-electron chi connectivity index (χ4n) is 1.96. The van der Waals surface area contributed by atoms with Gasteiger partial charge < -0.3 is 11.1 Å². The number of nitrogens with one attached hydrogen (secondary N) is 1. The monoisotopic (exact) mass is 375 g/mol. The van der Waals surface area contributed by atoms with Crippen LogP contribution < -0.4 is 11.1 Å². The van der Waals surface area contributed by atoms with Gasteiger partial charge in [0.15, 0.2) is 5.96 Å². The molecule has 0 bridgehead atoms. The molecule has 0 radical (unpaired) electrons. The molecule has 2 rings (SSSR count). The molecule has 0 aliphatic heterocycles. The Bertz CT molecular complexity index is 452. The molecule has 1 aromatic rings. The van der Waals surface area contributed by atoms with Crippen molar-refractivity contribution in [1.29, 1.82) is 0 Å². The lowest BCUT2D eigenvalue weighted by Crippen LogP contribution is -2.32. The zero-order valence-corrected chi connectivity index (χ0v) is 13.1. The number of halogens is 2. The lowest BCUT2D eigenvalue weighted by atomic mass is 9.96. The molecule has 0 spiro atoms. The molecule has 1 aliphatic rings. The zero-order valence-electron chi connectivity index (χ0n) is 10.7. The molecule has 0 aromatic heterocycles. The first kappa shape index (κ1) is 15.9. The van der Waals surface area contributed by atoms with Crippen LogP contribution >= 0.6 is 24.0 Å². The van der Waals surface area contributed by atoms with Crippen molar-refractivity contribution in [2.24, 2.45) is 10.7 Å². The lowest BCUT2D eigenvalue weighted by Gasteiger charge is -2.13. The standard InChI is InChI=1S/C14H18FN3.HI/c1-2-9-17-13(16)18-10-14(7-8-14)11-3-5-12(15)6-4-11;/h2-6H,1,7-10H2,(H3,16,17,18);1H. The number of aliphatic imine (C=N–C) groups is 1. The Kier molecular flexibility index (Phi) is 5.78. The summed E-state index contributed by atoms with van der Waals surface area (Å²) in [5, 5.41) is 2.94. The highest BCUT2D eigenvalue weighted by atomic mass is 127. The molecular formula is C14H19FIN3. The maximum Gasteiger partial charge on any atom is 0.188 e. The summed E-state index contributed by atoms with van der Waals surface area (Å²) in [6.07, 6.45) is 3.89. The highest BCUT2D eigenvalue weighted by molar-refractivity contribution is 14.0. The number of benzene rings is 1. The van der Waals surface area contributed by atoms with Gasteiger partial charge in [0, 0.05) is 12.0 Å². The van der Waals surface area contributed by atoms with Crippen LogP contribution in [0.4, 0.5) is 4.39 Å². The fraction of sp³-hybridized carbons (Fsp3) is 0.357. The second-order valence-electron chi connectivity index (χ2n) is 4.66. The van der Waals surface area contributed by atoms with Crippen molar-refractivity contribution >= 4 is 29.9 Å². The normalized spacial score (nSPS) is 16.4. The summed E-state index contributed by atoms with van der Waals surface area (Å²) in [4.78, 5) is 4.34. The number of hydrogen-bond acceptors (Lipinski definition) is 1. The Morgan fingerprint density at radius 3 is 2.58 bits per heavy atom. The Balaban J connectivity index is 0.00000180. The number of guanidine groups is 1. The Morgan fingerprint density at radius 1 is 1.42 bits per heavy atom. The molecule has 3 N–H and O–H groups in total. The van der Waals surface area contributed by atoms with Gasteiger partial charge in [0.25, 0.3) is 0 Å². The van der Waals surface area contributed by atoms with Crippen molar-refractivity contribution in [3.05, 3.63) is 48.3 Å². The zero-order chi connectivity index (χ0) is 13.0. The molecule has 0 heterocycles. The van der Waals surface area contributed by atoms with Crippen molar-refractivity contribution in [3.63, 3.8) is 0 Å². The van der Waals surface area contributed by atoms with Gasteiger partial charge in [-0.25, -0.2) is 4.39 Å². The lowest BCUT2D eigenvalue weighted by molar-refractivity contribution is 0.623. The van der Waals surface area contributed by atoms with Crippen molar-refractivity contribution in [2.45, 2.75) is 18.3 Å². The Morgan fingerprint density at radius 2 is 2.05 bits per heavy atom. The first-order valence-electron chi connectivity index (χ1n) is 6.07. The van der Waals surface area contributed by atoms with Gasteiger partial charge in [-0.3, -0.25) is 4.99 Å². The van der Waals surface area contributed by atoms with E-state index in [-0.39, 0.29) is 35.2 Å². The van der Waals surface area contributed by atoms with E-state index in [1.807, 2.05) is 12.1 Å². The summed E-state index contributed by atoms with van der Waals surface area (Å²) in [5.41, 5.74) is 6.93. The number of nitrogens with zero attached hydrogens (tertiary/aromatic N) is 1. The van der Waals surface area contributed by atoms with Gasteiger partial charge in [-0.05, 0) is 30.5 Å². The Hall–Kier alpha value is -1.11. The summed E-state index contributed by atoms with van der Waals surface area (Å²) in [6.45, 7) is 4.86. The molecule has 104 valence electrons. The quantitative estimate of drug-likeness (QED) is 0.360. The largest absolute Gasteiger partial charge is 0.370 e. The van der Waals surface area contributed by atoms with E-state index in [4.69, 9.17) is 5.73 Å². The van der Waals surface area contributed by atoms with E-state index < -0.39 is 0 Å². The summed E-state index contributed by atoms with van der Waals surface area (Å²) < 4.78 is 12.9. The van der Waals surface area contributed by atoms with Gasteiger partial charge in [-0.15, -0.1) is 30.6 Å². The molecule has 0 saturated heterocycles. The minimum Gasteiger partial charge on any atom is -0.370 e. The average Bonchev–Trinajstić information content (AvgIpc) is 3.16. The van der Waals surface area contributed by atoms with Gasteiger partial charge >= 0.3 is 0 Å². The molecule has 3 nitrogen and oxygen atoms in total. The highest BCUT2D eigenvalue weighted by Gasteiger charge is 2.44. The van der Waals surface area contributed by atoms with Gasteiger partial charge in [0.2, 0.25) is 0 Å². The molecule has 0 unspecified atom stereocenters. The van der Waals surface area contributed by atoms with Crippen molar-refractivity contribution in [2.75, 3.05) is 13.1 Å². The third-order valence-electron chi connectivity index (χ3n) is 3.29. The van der Waals surface area contributed by atoms with Crippen LogP contribution in [0.3, 0.4) is 0 Å². The van der Waals surface area contributed by atoms with Crippen LogP contribution in [-0.2, 0) is 5.41 Å². The third kappa shape index (κ3) is 4.19. The molecule has 1 saturated carbocycles. The predicted molar refractivity (Wildman–Crippen MR) is 87.4 cm³/mol.